The first-order valence-electron chi connectivity index (χ1n) is 6.39. The number of piperidine rings is 1. The van der Waals surface area contributed by atoms with E-state index in [9.17, 15) is 4.79 Å². The first kappa shape index (κ1) is 9.65. The SMILES string of the molecule is O=c1c(NC2C3CNCC32)nccn1C1CC1. The Balaban J connectivity index is 1.57. The molecule has 17 heavy (non-hydrogen) atoms. The summed E-state index contributed by atoms with van der Waals surface area (Å²) in [6.45, 7) is 2.15. The molecule has 5 heteroatoms. The first-order valence-corrected chi connectivity index (χ1v) is 6.39. The van der Waals surface area contributed by atoms with Crippen LogP contribution >= 0.6 is 0 Å². The molecule has 0 aromatic carbocycles. The zero-order valence-electron chi connectivity index (χ0n) is 9.60. The molecule has 0 amide bonds. The van der Waals surface area contributed by atoms with Crippen LogP contribution in [0.15, 0.2) is 17.2 Å². The van der Waals surface area contributed by atoms with Gasteiger partial charge in [0.2, 0.25) is 0 Å². The minimum absolute atomic E-state index is 0.0490. The van der Waals surface area contributed by atoms with E-state index in [-0.39, 0.29) is 5.56 Å². The monoisotopic (exact) mass is 232 g/mol. The molecule has 4 rings (SSSR count). The molecule has 0 bridgehead atoms. The third kappa shape index (κ3) is 1.49. The van der Waals surface area contributed by atoms with Crippen molar-refractivity contribution in [3.05, 3.63) is 22.7 Å². The fourth-order valence-corrected chi connectivity index (χ4v) is 2.95. The van der Waals surface area contributed by atoms with Crippen LogP contribution < -0.4 is 16.2 Å². The zero-order valence-corrected chi connectivity index (χ0v) is 9.60. The van der Waals surface area contributed by atoms with Gasteiger partial charge in [-0.15, -0.1) is 0 Å². The highest BCUT2D eigenvalue weighted by Gasteiger charge is 2.53. The topological polar surface area (TPSA) is 59.0 Å². The summed E-state index contributed by atoms with van der Waals surface area (Å²) in [5, 5.41) is 6.67. The summed E-state index contributed by atoms with van der Waals surface area (Å²) in [5.41, 5.74) is 0.0490. The van der Waals surface area contributed by atoms with Crippen molar-refractivity contribution in [1.82, 2.24) is 14.9 Å². The van der Waals surface area contributed by atoms with Crippen LogP contribution in [-0.4, -0.2) is 28.7 Å². The summed E-state index contributed by atoms with van der Waals surface area (Å²) in [6.07, 6.45) is 5.79. The van der Waals surface area contributed by atoms with Crippen molar-refractivity contribution in [2.24, 2.45) is 11.8 Å². The molecule has 1 saturated heterocycles. The highest BCUT2D eigenvalue weighted by Crippen LogP contribution is 2.43. The maximum Gasteiger partial charge on any atom is 0.293 e. The number of anilines is 1. The molecule has 2 atom stereocenters. The van der Waals surface area contributed by atoms with Crippen LogP contribution in [-0.2, 0) is 0 Å². The highest BCUT2D eigenvalue weighted by molar-refractivity contribution is 5.37. The molecule has 3 fully saturated rings. The largest absolute Gasteiger partial charge is 0.362 e. The average molecular weight is 232 g/mol. The van der Waals surface area contributed by atoms with Crippen molar-refractivity contribution in [2.45, 2.75) is 24.9 Å². The molecule has 90 valence electrons. The fraction of sp³-hybridized carbons (Fsp3) is 0.667. The smallest absolute Gasteiger partial charge is 0.293 e. The summed E-state index contributed by atoms with van der Waals surface area (Å²) < 4.78 is 1.83. The minimum Gasteiger partial charge on any atom is -0.362 e. The summed E-state index contributed by atoms with van der Waals surface area (Å²) in [7, 11) is 0. The van der Waals surface area contributed by atoms with E-state index in [0.29, 0.717) is 29.7 Å². The van der Waals surface area contributed by atoms with Gasteiger partial charge in [0.05, 0.1) is 0 Å². The van der Waals surface area contributed by atoms with Gasteiger partial charge < -0.3 is 15.2 Å². The zero-order chi connectivity index (χ0) is 11.4. The Morgan fingerprint density at radius 1 is 1.35 bits per heavy atom. The highest BCUT2D eigenvalue weighted by atomic mass is 16.1. The normalized spacial score (nSPS) is 34.5. The lowest BCUT2D eigenvalue weighted by atomic mass is 10.4. The summed E-state index contributed by atoms with van der Waals surface area (Å²) >= 11 is 0. The van der Waals surface area contributed by atoms with Gasteiger partial charge in [-0.05, 0) is 24.7 Å². The van der Waals surface area contributed by atoms with Gasteiger partial charge in [0, 0.05) is 37.6 Å². The van der Waals surface area contributed by atoms with Crippen molar-refractivity contribution < 1.29 is 0 Å². The van der Waals surface area contributed by atoms with Gasteiger partial charge in [0.15, 0.2) is 5.82 Å². The molecule has 5 nitrogen and oxygen atoms in total. The molecule has 2 saturated carbocycles. The van der Waals surface area contributed by atoms with Crippen LogP contribution in [0.5, 0.6) is 0 Å². The Morgan fingerprint density at radius 3 is 2.82 bits per heavy atom. The van der Waals surface area contributed by atoms with Gasteiger partial charge in [-0.25, -0.2) is 4.98 Å². The van der Waals surface area contributed by atoms with Crippen LogP contribution in [0, 0.1) is 11.8 Å². The Labute approximate surface area is 99.2 Å². The van der Waals surface area contributed by atoms with Crippen molar-refractivity contribution in [3.63, 3.8) is 0 Å². The van der Waals surface area contributed by atoms with Gasteiger partial charge >= 0.3 is 0 Å². The third-order valence-corrected chi connectivity index (χ3v) is 4.20. The number of aromatic nitrogens is 2. The number of nitrogens with one attached hydrogen (secondary N) is 2. The lowest BCUT2D eigenvalue weighted by Gasteiger charge is -2.09. The lowest BCUT2D eigenvalue weighted by molar-refractivity contribution is 0.680. The number of hydrogen-bond acceptors (Lipinski definition) is 4. The maximum atomic E-state index is 12.2. The van der Waals surface area contributed by atoms with Crippen LogP contribution in [0.1, 0.15) is 18.9 Å². The van der Waals surface area contributed by atoms with E-state index in [4.69, 9.17) is 0 Å². The second-order valence-electron chi connectivity index (χ2n) is 5.38. The lowest BCUT2D eigenvalue weighted by Crippen LogP contribution is -2.28. The molecular formula is C12H16N4O. The number of hydrogen-bond donors (Lipinski definition) is 2. The Hall–Kier alpha value is -1.36. The Kier molecular flexibility index (Phi) is 1.88. The Bertz CT molecular complexity index is 497. The number of fused-ring (bicyclic) bond motifs is 1. The van der Waals surface area contributed by atoms with E-state index in [1.165, 1.54) is 0 Å². The second kappa shape index (κ2) is 3.32. The average Bonchev–Trinajstić information content (AvgIpc) is 3.23. The van der Waals surface area contributed by atoms with E-state index in [1.54, 1.807) is 12.4 Å². The predicted molar refractivity (Wildman–Crippen MR) is 64.0 cm³/mol. The summed E-state index contributed by atoms with van der Waals surface area (Å²) in [5.74, 6) is 1.94. The Morgan fingerprint density at radius 2 is 2.12 bits per heavy atom. The molecule has 1 aromatic rings. The second-order valence-corrected chi connectivity index (χ2v) is 5.38. The van der Waals surface area contributed by atoms with E-state index in [0.717, 1.165) is 25.9 Å². The number of nitrogens with zero attached hydrogens (tertiary/aromatic N) is 2. The molecule has 2 aliphatic carbocycles. The molecule has 2 heterocycles. The van der Waals surface area contributed by atoms with E-state index < -0.39 is 0 Å². The fourth-order valence-electron chi connectivity index (χ4n) is 2.95. The van der Waals surface area contributed by atoms with Crippen molar-refractivity contribution in [3.8, 4) is 0 Å². The quantitative estimate of drug-likeness (QED) is 0.782. The van der Waals surface area contributed by atoms with Crippen LogP contribution in [0.2, 0.25) is 0 Å². The molecule has 0 radical (unpaired) electrons. The van der Waals surface area contributed by atoms with E-state index in [2.05, 4.69) is 15.6 Å². The van der Waals surface area contributed by atoms with Crippen LogP contribution in [0.3, 0.4) is 0 Å². The number of rotatable bonds is 3. The van der Waals surface area contributed by atoms with Gasteiger partial charge in [-0.3, -0.25) is 4.79 Å². The molecule has 3 aliphatic rings. The van der Waals surface area contributed by atoms with Gasteiger partial charge in [-0.1, -0.05) is 0 Å². The van der Waals surface area contributed by atoms with Crippen LogP contribution in [0.4, 0.5) is 5.82 Å². The van der Waals surface area contributed by atoms with Crippen molar-refractivity contribution >= 4 is 5.82 Å². The molecule has 0 spiro atoms. The molecule has 1 aromatic heterocycles. The van der Waals surface area contributed by atoms with Crippen LogP contribution in [0.25, 0.3) is 0 Å². The van der Waals surface area contributed by atoms with Crippen molar-refractivity contribution in [1.29, 1.82) is 0 Å². The first-order chi connectivity index (χ1) is 8.34. The van der Waals surface area contributed by atoms with Gasteiger partial charge in [0.1, 0.15) is 0 Å². The van der Waals surface area contributed by atoms with E-state index in [1.807, 2.05) is 4.57 Å². The standard InChI is InChI=1S/C12H16N4O/c17-12-11(14-3-4-16(12)7-1-2-7)15-10-8-5-13-6-9(8)10/h3-4,7-10,13H,1-2,5-6H2,(H,14,15). The molecule has 2 N–H and O–H groups in total. The summed E-state index contributed by atoms with van der Waals surface area (Å²) in [6, 6.07) is 0.887. The van der Waals surface area contributed by atoms with Crippen molar-refractivity contribution in [2.75, 3.05) is 18.4 Å². The molecule has 1 aliphatic heterocycles. The molecule has 2 unspecified atom stereocenters. The minimum atomic E-state index is 0.0490. The van der Waals surface area contributed by atoms with Gasteiger partial charge in [-0.2, -0.15) is 0 Å². The van der Waals surface area contributed by atoms with Gasteiger partial charge in [0.25, 0.3) is 5.56 Å². The van der Waals surface area contributed by atoms with E-state index >= 15 is 0 Å². The third-order valence-electron chi connectivity index (χ3n) is 4.20. The maximum absolute atomic E-state index is 12.2. The predicted octanol–water partition coefficient (Wildman–Crippen LogP) is 0.208. The summed E-state index contributed by atoms with van der Waals surface area (Å²) in [4.78, 5) is 16.3. The molecular weight excluding hydrogens is 216 g/mol.